The minimum atomic E-state index is -0.568. The molecule has 8 heteroatoms. The van der Waals surface area contributed by atoms with E-state index in [2.05, 4.69) is 9.47 Å². The maximum absolute atomic E-state index is 11.6. The van der Waals surface area contributed by atoms with Gasteiger partial charge in [0.1, 0.15) is 0 Å². The molecule has 0 atom stereocenters. The van der Waals surface area contributed by atoms with E-state index in [1.165, 1.54) is 38.5 Å². The number of carbonyl (C=O) groups is 2. The Labute approximate surface area is 138 Å². The van der Waals surface area contributed by atoms with E-state index in [1.807, 2.05) is 0 Å². The normalized spacial score (nSPS) is 10.2. The number of rotatable bonds is 3. The number of esters is 2. The number of benzene rings is 2. The van der Waals surface area contributed by atoms with Crippen LogP contribution in [0, 0.1) is 0 Å². The second-order valence-corrected chi connectivity index (χ2v) is 5.04. The van der Waals surface area contributed by atoms with Gasteiger partial charge in [0, 0.05) is 33.9 Å². The molecule has 0 heterocycles. The molecule has 8 nitrogen and oxygen atoms in total. The van der Waals surface area contributed by atoms with Crippen LogP contribution < -0.4 is 22.9 Å². The number of ether oxygens (including phenoxy) is 2. The standard InChI is InChI=1S/C16H18N4O4/c1-23-15(21)7-3-9(17)13(10(18)4-7)14-11(19)5-8(6-12(14)20)16(22)24-2/h3-6H,17-20H2,1-2H3. The molecule has 0 bridgehead atoms. The second-order valence-electron chi connectivity index (χ2n) is 5.04. The van der Waals surface area contributed by atoms with E-state index in [4.69, 9.17) is 22.9 Å². The molecule has 0 unspecified atom stereocenters. The molecule has 0 aliphatic carbocycles. The Morgan fingerprint density at radius 3 is 1.12 bits per heavy atom. The summed E-state index contributed by atoms with van der Waals surface area (Å²) in [5, 5.41) is 0. The van der Waals surface area contributed by atoms with Crippen molar-refractivity contribution in [3.05, 3.63) is 35.4 Å². The van der Waals surface area contributed by atoms with Gasteiger partial charge in [-0.3, -0.25) is 0 Å². The van der Waals surface area contributed by atoms with Crippen LogP contribution in [0.15, 0.2) is 24.3 Å². The highest BCUT2D eigenvalue weighted by Crippen LogP contribution is 2.41. The Hall–Kier alpha value is -3.42. The summed E-state index contributed by atoms with van der Waals surface area (Å²) >= 11 is 0. The van der Waals surface area contributed by atoms with Gasteiger partial charge in [0.15, 0.2) is 0 Å². The molecule has 0 fully saturated rings. The average Bonchev–Trinajstić information content (AvgIpc) is 2.54. The Kier molecular flexibility index (Phi) is 4.50. The van der Waals surface area contributed by atoms with Crippen LogP contribution >= 0.6 is 0 Å². The highest BCUT2D eigenvalue weighted by atomic mass is 16.5. The molecule has 0 radical (unpaired) electrons. The van der Waals surface area contributed by atoms with Crippen LogP contribution in [0.3, 0.4) is 0 Å². The molecule has 0 aliphatic rings. The molecule has 0 amide bonds. The monoisotopic (exact) mass is 330 g/mol. The Balaban J connectivity index is 2.65. The fourth-order valence-electron chi connectivity index (χ4n) is 2.42. The molecular formula is C16H18N4O4. The van der Waals surface area contributed by atoms with E-state index in [0.717, 1.165) is 0 Å². The van der Waals surface area contributed by atoms with Crippen LogP contribution in [0.25, 0.3) is 11.1 Å². The average molecular weight is 330 g/mol. The van der Waals surface area contributed by atoms with Crippen LogP contribution in [0.2, 0.25) is 0 Å². The summed E-state index contributed by atoms with van der Waals surface area (Å²) in [6, 6.07) is 5.69. The molecule has 2 rings (SSSR count). The molecule has 0 saturated heterocycles. The van der Waals surface area contributed by atoms with Crippen LogP contribution in [0.5, 0.6) is 0 Å². The molecule has 0 aliphatic heterocycles. The van der Waals surface area contributed by atoms with Gasteiger partial charge in [-0.1, -0.05) is 0 Å². The van der Waals surface area contributed by atoms with Gasteiger partial charge in [0.25, 0.3) is 0 Å². The zero-order valence-electron chi connectivity index (χ0n) is 13.3. The van der Waals surface area contributed by atoms with Crippen molar-refractivity contribution in [3.63, 3.8) is 0 Å². The van der Waals surface area contributed by atoms with Crippen molar-refractivity contribution in [3.8, 4) is 11.1 Å². The Morgan fingerprint density at radius 1 is 0.667 bits per heavy atom. The van der Waals surface area contributed by atoms with Crippen molar-refractivity contribution in [1.29, 1.82) is 0 Å². The van der Waals surface area contributed by atoms with Gasteiger partial charge in [-0.15, -0.1) is 0 Å². The third kappa shape index (κ3) is 2.89. The van der Waals surface area contributed by atoms with E-state index >= 15 is 0 Å². The number of nitrogens with two attached hydrogens (primary N) is 4. The summed E-state index contributed by atoms with van der Waals surface area (Å²) < 4.78 is 9.29. The summed E-state index contributed by atoms with van der Waals surface area (Å²) in [5.74, 6) is -1.14. The van der Waals surface area contributed by atoms with Gasteiger partial charge in [-0.2, -0.15) is 0 Å². The van der Waals surface area contributed by atoms with Gasteiger partial charge in [-0.25, -0.2) is 9.59 Å². The van der Waals surface area contributed by atoms with Crippen molar-refractivity contribution >= 4 is 34.7 Å². The first-order valence-corrected chi connectivity index (χ1v) is 6.85. The van der Waals surface area contributed by atoms with Gasteiger partial charge < -0.3 is 32.4 Å². The topological polar surface area (TPSA) is 157 Å². The van der Waals surface area contributed by atoms with Crippen LogP contribution in [0.1, 0.15) is 20.7 Å². The lowest BCUT2D eigenvalue weighted by atomic mass is 9.95. The van der Waals surface area contributed by atoms with E-state index in [1.54, 1.807) is 0 Å². The minimum absolute atomic E-state index is 0.208. The maximum Gasteiger partial charge on any atom is 0.337 e. The molecule has 8 N–H and O–H groups in total. The predicted octanol–water partition coefficient (Wildman–Crippen LogP) is 1.26. The summed E-state index contributed by atoms with van der Waals surface area (Å²) in [4.78, 5) is 23.2. The van der Waals surface area contributed by atoms with E-state index < -0.39 is 11.9 Å². The summed E-state index contributed by atoms with van der Waals surface area (Å²) in [6.45, 7) is 0. The van der Waals surface area contributed by atoms with Gasteiger partial charge in [-0.05, 0) is 24.3 Å². The van der Waals surface area contributed by atoms with Gasteiger partial charge >= 0.3 is 11.9 Å². The first-order valence-electron chi connectivity index (χ1n) is 6.85. The molecule has 24 heavy (non-hydrogen) atoms. The van der Waals surface area contributed by atoms with Crippen LogP contribution in [-0.2, 0) is 9.47 Å². The third-order valence-electron chi connectivity index (χ3n) is 3.49. The van der Waals surface area contributed by atoms with Gasteiger partial charge in [0.2, 0.25) is 0 Å². The van der Waals surface area contributed by atoms with Crippen molar-refractivity contribution in [1.82, 2.24) is 0 Å². The summed E-state index contributed by atoms with van der Waals surface area (Å²) in [7, 11) is 2.51. The largest absolute Gasteiger partial charge is 0.465 e. The minimum Gasteiger partial charge on any atom is -0.465 e. The molecule has 126 valence electrons. The number of hydrogen-bond acceptors (Lipinski definition) is 8. The highest BCUT2D eigenvalue weighted by Gasteiger charge is 2.19. The molecule has 0 aromatic heterocycles. The third-order valence-corrected chi connectivity index (χ3v) is 3.49. The fourth-order valence-corrected chi connectivity index (χ4v) is 2.42. The number of nitrogen functional groups attached to an aromatic ring is 4. The first kappa shape index (κ1) is 16.9. The van der Waals surface area contributed by atoms with Crippen molar-refractivity contribution in [2.24, 2.45) is 0 Å². The van der Waals surface area contributed by atoms with Crippen LogP contribution in [-0.4, -0.2) is 26.2 Å². The fraction of sp³-hybridized carbons (Fsp3) is 0.125. The molecule has 0 spiro atoms. The number of anilines is 4. The number of carbonyl (C=O) groups excluding carboxylic acids is 2. The molecular weight excluding hydrogens is 312 g/mol. The molecule has 2 aromatic carbocycles. The van der Waals surface area contributed by atoms with Crippen molar-refractivity contribution in [2.75, 3.05) is 37.2 Å². The first-order chi connectivity index (χ1) is 11.3. The van der Waals surface area contributed by atoms with E-state index in [-0.39, 0.29) is 33.9 Å². The smallest absolute Gasteiger partial charge is 0.337 e. The summed E-state index contributed by atoms with van der Waals surface area (Å²) in [6.07, 6.45) is 0. The maximum atomic E-state index is 11.6. The van der Waals surface area contributed by atoms with E-state index in [0.29, 0.717) is 11.1 Å². The lowest BCUT2D eigenvalue weighted by Crippen LogP contribution is -2.09. The molecule has 2 aromatic rings. The predicted molar refractivity (Wildman–Crippen MR) is 92.2 cm³/mol. The van der Waals surface area contributed by atoms with Crippen molar-refractivity contribution in [2.45, 2.75) is 0 Å². The lowest BCUT2D eigenvalue weighted by molar-refractivity contribution is 0.0592. The van der Waals surface area contributed by atoms with Crippen LogP contribution in [0.4, 0.5) is 22.7 Å². The van der Waals surface area contributed by atoms with Crippen molar-refractivity contribution < 1.29 is 19.1 Å². The quantitative estimate of drug-likeness (QED) is 0.484. The van der Waals surface area contributed by atoms with E-state index in [9.17, 15) is 9.59 Å². The lowest BCUT2D eigenvalue weighted by Gasteiger charge is -2.16. The van der Waals surface area contributed by atoms with Gasteiger partial charge in [0.05, 0.1) is 25.3 Å². The SMILES string of the molecule is COC(=O)c1cc(N)c(-c2c(N)cc(C(=O)OC)cc2N)c(N)c1. The zero-order valence-corrected chi connectivity index (χ0v) is 13.3. The molecule has 0 saturated carbocycles. The Bertz CT molecular complexity index is 717. The number of hydrogen-bond donors (Lipinski definition) is 4. The Morgan fingerprint density at radius 2 is 0.917 bits per heavy atom. The zero-order chi connectivity index (χ0) is 18.0. The summed E-state index contributed by atoms with van der Waals surface area (Å²) in [5.41, 5.74) is 26.1. The highest BCUT2D eigenvalue weighted by molar-refractivity contribution is 6.04. The number of methoxy groups -OCH3 is 2. The second kappa shape index (κ2) is 6.37.